The van der Waals surface area contributed by atoms with E-state index in [1.807, 2.05) is 73.7 Å². The summed E-state index contributed by atoms with van der Waals surface area (Å²) in [6.45, 7) is 1.81. The average Bonchev–Trinajstić information content (AvgIpc) is 2.49. The molecule has 0 radical (unpaired) electrons. The van der Waals surface area contributed by atoms with E-state index >= 15 is 0 Å². The summed E-state index contributed by atoms with van der Waals surface area (Å²) in [4.78, 5) is 0. The number of hydrogen-bond acceptors (Lipinski definition) is 2. The molecule has 0 aliphatic heterocycles. The number of allylic oxidation sites excluding steroid dienone is 2. The summed E-state index contributed by atoms with van der Waals surface area (Å²) in [5, 5.41) is 18.0. The van der Waals surface area contributed by atoms with Crippen molar-refractivity contribution < 1.29 is 0 Å². The van der Waals surface area contributed by atoms with Gasteiger partial charge in [0, 0.05) is 0 Å². The fourth-order valence-corrected chi connectivity index (χ4v) is 2.01. The fraction of sp³-hybridized carbons (Fsp3) is 0.0588. The lowest BCUT2D eigenvalue weighted by molar-refractivity contribution is 1.44. The largest absolute Gasteiger partial charge is 0.192 e. The topological polar surface area (TPSA) is 47.6 Å². The minimum atomic E-state index is 0.156. The maximum absolute atomic E-state index is 8.99. The van der Waals surface area contributed by atoms with E-state index in [1.54, 1.807) is 0 Å². The van der Waals surface area contributed by atoms with Crippen LogP contribution in [-0.4, -0.2) is 0 Å². The first-order chi connectivity index (χ1) is 9.27. The van der Waals surface area contributed by atoms with E-state index in [1.165, 1.54) is 0 Å². The third-order valence-corrected chi connectivity index (χ3v) is 3.01. The highest BCUT2D eigenvalue weighted by atomic mass is 14.3. The van der Waals surface area contributed by atoms with Gasteiger partial charge in [-0.15, -0.1) is 0 Å². The second kappa shape index (κ2) is 5.67. The second-order valence-corrected chi connectivity index (χ2v) is 4.14. The van der Waals surface area contributed by atoms with Crippen LogP contribution in [0, 0.1) is 22.7 Å². The van der Waals surface area contributed by atoms with Crippen molar-refractivity contribution in [2.45, 2.75) is 6.92 Å². The quantitative estimate of drug-likeness (QED) is 0.744. The van der Waals surface area contributed by atoms with E-state index in [4.69, 9.17) is 10.5 Å². The Bertz CT molecular complexity index is 682. The molecule has 0 saturated carbocycles. The van der Waals surface area contributed by atoms with Crippen LogP contribution in [0.3, 0.4) is 0 Å². The van der Waals surface area contributed by atoms with Gasteiger partial charge in [0.05, 0.1) is 0 Å². The molecule has 0 heterocycles. The number of nitrogens with zero attached hydrogens (tertiary/aromatic N) is 2. The minimum absolute atomic E-state index is 0.156. The smallest absolute Gasteiger partial charge is 0.133 e. The second-order valence-electron chi connectivity index (χ2n) is 4.14. The number of rotatable bonds is 2. The lowest BCUT2D eigenvalue weighted by atomic mass is 9.93. The summed E-state index contributed by atoms with van der Waals surface area (Å²) in [5.41, 5.74) is 3.90. The van der Waals surface area contributed by atoms with Crippen LogP contribution in [0.5, 0.6) is 0 Å². The van der Waals surface area contributed by atoms with Crippen LogP contribution in [0.25, 0.3) is 16.7 Å². The average molecular weight is 244 g/mol. The molecule has 0 aliphatic carbocycles. The summed E-state index contributed by atoms with van der Waals surface area (Å²) >= 11 is 0. The Morgan fingerprint density at radius 2 is 1.42 bits per heavy atom. The van der Waals surface area contributed by atoms with Crippen LogP contribution in [-0.2, 0) is 0 Å². The molecule has 0 unspecified atom stereocenters. The van der Waals surface area contributed by atoms with E-state index < -0.39 is 0 Å². The fourth-order valence-electron chi connectivity index (χ4n) is 2.01. The first kappa shape index (κ1) is 12.6. The predicted molar refractivity (Wildman–Crippen MR) is 75.7 cm³/mol. The maximum Gasteiger partial charge on any atom is 0.133 e. The highest BCUT2D eigenvalue weighted by molar-refractivity contribution is 5.84. The van der Waals surface area contributed by atoms with E-state index in [-0.39, 0.29) is 5.57 Å². The Kier molecular flexibility index (Phi) is 3.76. The molecule has 0 amide bonds. The molecule has 2 nitrogen and oxygen atoms in total. The van der Waals surface area contributed by atoms with Crippen molar-refractivity contribution in [3.63, 3.8) is 0 Å². The standard InChI is InChI=1S/C17H12N2/c1-13(15(11-18)12-19)16-9-5-6-10-17(16)14-7-3-2-4-8-14/h2-10H,1H3. The van der Waals surface area contributed by atoms with Gasteiger partial charge in [-0.05, 0) is 29.2 Å². The maximum atomic E-state index is 8.99. The molecule has 2 aromatic carbocycles. The highest BCUT2D eigenvalue weighted by Crippen LogP contribution is 2.29. The zero-order valence-corrected chi connectivity index (χ0v) is 10.6. The van der Waals surface area contributed by atoms with Crippen LogP contribution in [0.1, 0.15) is 12.5 Å². The van der Waals surface area contributed by atoms with Crippen molar-refractivity contribution in [3.05, 3.63) is 65.7 Å². The normalized spacial score (nSPS) is 9.21. The molecule has 0 aliphatic rings. The molecular formula is C17H12N2. The number of benzene rings is 2. The van der Waals surface area contributed by atoms with Crippen molar-refractivity contribution >= 4 is 5.57 Å². The van der Waals surface area contributed by atoms with Gasteiger partial charge in [-0.3, -0.25) is 0 Å². The summed E-state index contributed by atoms with van der Waals surface area (Å²) in [7, 11) is 0. The van der Waals surface area contributed by atoms with Gasteiger partial charge in [-0.1, -0.05) is 54.6 Å². The minimum Gasteiger partial charge on any atom is -0.192 e. The van der Waals surface area contributed by atoms with E-state index in [2.05, 4.69) is 0 Å². The number of hydrogen-bond donors (Lipinski definition) is 0. The van der Waals surface area contributed by atoms with E-state index in [9.17, 15) is 0 Å². The SMILES string of the molecule is CC(=C(C#N)C#N)c1ccccc1-c1ccccc1. The lowest BCUT2D eigenvalue weighted by Crippen LogP contribution is -1.89. The molecule has 2 heteroatoms. The van der Waals surface area contributed by atoms with Gasteiger partial charge in [0.15, 0.2) is 0 Å². The van der Waals surface area contributed by atoms with Gasteiger partial charge < -0.3 is 0 Å². The first-order valence-electron chi connectivity index (χ1n) is 5.94. The van der Waals surface area contributed by atoms with Crippen LogP contribution in [0.4, 0.5) is 0 Å². The molecule has 19 heavy (non-hydrogen) atoms. The van der Waals surface area contributed by atoms with Crippen molar-refractivity contribution in [3.8, 4) is 23.3 Å². The zero-order chi connectivity index (χ0) is 13.7. The summed E-state index contributed by atoms with van der Waals surface area (Å²) in [6.07, 6.45) is 0. The van der Waals surface area contributed by atoms with Crippen LogP contribution < -0.4 is 0 Å². The third kappa shape index (κ3) is 2.54. The number of nitriles is 2. The molecule has 0 saturated heterocycles. The van der Waals surface area contributed by atoms with Crippen LogP contribution in [0.15, 0.2) is 60.2 Å². The summed E-state index contributed by atoms with van der Waals surface area (Å²) in [6, 6.07) is 21.6. The van der Waals surface area contributed by atoms with Gasteiger partial charge in [-0.2, -0.15) is 10.5 Å². The third-order valence-electron chi connectivity index (χ3n) is 3.01. The molecule has 0 bridgehead atoms. The lowest BCUT2D eigenvalue weighted by Gasteiger charge is -2.10. The van der Waals surface area contributed by atoms with Gasteiger partial charge in [-0.25, -0.2) is 0 Å². The van der Waals surface area contributed by atoms with Gasteiger partial charge in [0.1, 0.15) is 17.7 Å². The summed E-state index contributed by atoms with van der Waals surface area (Å²) < 4.78 is 0. The molecule has 0 N–H and O–H groups in total. The van der Waals surface area contributed by atoms with Crippen molar-refractivity contribution in [2.24, 2.45) is 0 Å². The van der Waals surface area contributed by atoms with Crippen molar-refractivity contribution in [1.82, 2.24) is 0 Å². The Labute approximate surface area is 112 Å². The Morgan fingerprint density at radius 1 is 0.842 bits per heavy atom. The van der Waals surface area contributed by atoms with Crippen molar-refractivity contribution in [2.75, 3.05) is 0 Å². The predicted octanol–water partition coefficient (Wildman–Crippen LogP) is 4.17. The van der Waals surface area contributed by atoms with Crippen molar-refractivity contribution in [1.29, 1.82) is 10.5 Å². The van der Waals surface area contributed by atoms with Crippen LogP contribution in [0.2, 0.25) is 0 Å². The molecule has 0 atom stereocenters. The van der Waals surface area contributed by atoms with Gasteiger partial charge in [0.25, 0.3) is 0 Å². The first-order valence-corrected chi connectivity index (χ1v) is 5.94. The molecule has 90 valence electrons. The molecule has 0 spiro atoms. The molecule has 0 aromatic heterocycles. The highest BCUT2D eigenvalue weighted by Gasteiger charge is 2.09. The van der Waals surface area contributed by atoms with E-state index in [0.717, 1.165) is 16.7 Å². The monoisotopic (exact) mass is 244 g/mol. The van der Waals surface area contributed by atoms with Gasteiger partial charge >= 0.3 is 0 Å². The molecule has 0 fully saturated rings. The van der Waals surface area contributed by atoms with Gasteiger partial charge in [0.2, 0.25) is 0 Å². The van der Waals surface area contributed by atoms with E-state index in [0.29, 0.717) is 5.57 Å². The molecule has 2 rings (SSSR count). The van der Waals surface area contributed by atoms with Crippen LogP contribution >= 0.6 is 0 Å². The zero-order valence-electron chi connectivity index (χ0n) is 10.6. The molecular weight excluding hydrogens is 232 g/mol. The Morgan fingerprint density at radius 3 is 2.05 bits per heavy atom. The Balaban J connectivity index is 2.66. The molecule has 2 aromatic rings. The summed E-state index contributed by atoms with van der Waals surface area (Å²) in [5.74, 6) is 0. The Hall–Kier alpha value is -2.84.